The minimum absolute atomic E-state index is 0.108. The molecule has 2 N–H and O–H groups in total. The van der Waals surface area contributed by atoms with Crippen LogP contribution in [0.2, 0.25) is 10.0 Å². The minimum Gasteiger partial charge on any atom is -0.497 e. The zero-order chi connectivity index (χ0) is 19.3. The third-order valence-electron chi connectivity index (χ3n) is 3.41. The third kappa shape index (κ3) is 6.49. The van der Waals surface area contributed by atoms with Crippen molar-refractivity contribution in [3.63, 3.8) is 0 Å². The van der Waals surface area contributed by atoms with Crippen molar-refractivity contribution < 1.29 is 17.9 Å². The van der Waals surface area contributed by atoms with Crippen LogP contribution in [-0.4, -0.2) is 27.7 Å². The number of benzene rings is 2. The first-order valence-corrected chi connectivity index (χ1v) is 10.2. The maximum atomic E-state index is 12.4. The van der Waals surface area contributed by atoms with Crippen molar-refractivity contribution in [2.24, 2.45) is 0 Å². The number of anilines is 1. The van der Waals surface area contributed by atoms with Gasteiger partial charge >= 0.3 is 0 Å². The number of hydrogen-bond donors (Lipinski definition) is 2. The molecule has 6 nitrogen and oxygen atoms in total. The topological polar surface area (TPSA) is 84.5 Å². The number of hydrogen-bond acceptors (Lipinski definition) is 4. The highest BCUT2D eigenvalue weighted by atomic mass is 35.5. The molecule has 0 radical (unpaired) electrons. The second-order valence-corrected chi connectivity index (χ2v) is 8.28. The number of rotatable bonds is 7. The molecule has 0 saturated heterocycles. The Kier molecular flexibility index (Phi) is 6.88. The molecule has 0 saturated carbocycles. The van der Waals surface area contributed by atoms with Crippen molar-refractivity contribution >= 4 is 44.8 Å². The van der Waals surface area contributed by atoms with E-state index in [1.54, 1.807) is 42.5 Å². The van der Waals surface area contributed by atoms with Gasteiger partial charge in [-0.25, -0.2) is 13.1 Å². The smallest absolute Gasteiger partial charge is 0.226 e. The Bertz CT molecular complexity index is 866. The summed E-state index contributed by atoms with van der Waals surface area (Å²) < 4.78 is 30.9. The lowest BCUT2D eigenvalue weighted by molar-refractivity contribution is -0.116. The third-order valence-corrected chi connectivity index (χ3v) is 4.56. The molecule has 0 aliphatic carbocycles. The van der Waals surface area contributed by atoms with Crippen LogP contribution in [0.3, 0.4) is 0 Å². The molecule has 26 heavy (non-hydrogen) atoms. The molecule has 1 amide bonds. The van der Waals surface area contributed by atoms with Crippen LogP contribution in [0.1, 0.15) is 18.0 Å². The standard InChI is InChI=1S/C17H18Cl2N2O4S/c1-25-15-5-3-11(4-6-15)16(21-26(2,23)24)10-17(22)20-14-8-12(18)7-13(19)9-14/h3-9,16,21H,10H2,1-2H3,(H,20,22). The number of nitrogens with one attached hydrogen (secondary N) is 2. The van der Waals surface area contributed by atoms with E-state index in [1.165, 1.54) is 7.11 Å². The van der Waals surface area contributed by atoms with Crippen LogP contribution in [-0.2, 0) is 14.8 Å². The summed E-state index contributed by atoms with van der Waals surface area (Å²) in [4.78, 5) is 12.4. The lowest BCUT2D eigenvalue weighted by Crippen LogP contribution is -2.30. The Labute approximate surface area is 162 Å². The molecule has 1 unspecified atom stereocenters. The zero-order valence-corrected chi connectivity index (χ0v) is 16.5. The summed E-state index contributed by atoms with van der Waals surface area (Å²) in [5.41, 5.74) is 1.07. The second-order valence-electron chi connectivity index (χ2n) is 5.63. The predicted molar refractivity (Wildman–Crippen MR) is 103 cm³/mol. The highest BCUT2D eigenvalue weighted by molar-refractivity contribution is 7.88. The quantitative estimate of drug-likeness (QED) is 0.721. The Morgan fingerprint density at radius 2 is 1.69 bits per heavy atom. The van der Waals surface area contributed by atoms with Crippen molar-refractivity contribution in [1.29, 1.82) is 0 Å². The number of ether oxygens (including phenoxy) is 1. The molecular weight excluding hydrogens is 399 g/mol. The van der Waals surface area contributed by atoms with Gasteiger partial charge in [-0.15, -0.1) is 0 Å². The van der Waals surface area contributed by atoms with Crippen LogP contribution in [0.15, 0.2) is 42.5 Å². The van der Waals surface area contributed by atoms with Gasteiger partial charge in [0.25, 0.3) is 0 Å². The SMILES string of the molecule is COc1ccc(C(CC(=O)Nc2cc(Cl)cc(Cl)c2)NS(C)(=O)=O)cc1. The normalized spacial score (nSPS) is 12.5. The van der Waals surface area contributed by atoms with Crippen molar-refractivity contribution in [2.45, 2.75) is 12.5 Å². The highest BCUT2D eigenvalue weighted by Gasteiger charge is 2.20. The molecule has 2 aromatic rings. The fraction of sp³-hybridized carbons (Fsp3) is 0.235. The van der Waals surface area contributed by atoms with Crippen LogP contribution in [0.5, 0.6) is 5.75 Å². The van der Waals surface area contributed by atoms with Gasteiger partial charge in [-0.05, 0) is 35.9 Å². The fourth-order valence-corrected chi connectivity index (χ4v) is 3.61. The maximum absolute atomic E-state index is 12.4. The Balaban J connectivity index is 2.18. The molecule has 0 aliphatic heterocycles. The molecule has 140 valence electrons. The zero-order valence-electron chi connectivity index (χ0n) is 14.1. The number of carbonyl (C=O) groups is 1. The van der Waals surface area contributed by atoms with E-state index in [2.05, 4.69) is 10.0 Å². The lowest BCUT2D eigenvalue weighted by Gasteiger charge is -2.18. The van der Waals surface area contributed by atoms with E-state index in [0.717, 1.165) is 6.26 Å². The molecule has 9 heteroatoms. The molecule has 0 heterocycles. The van der Waals surface area contributed by atoms with E-state index >= 15 is 0 Å². The fourth-order valence-electron chi connectivity index (χ4n) is 2.35. The van der Waals surface area contributed by atoms with Crippen LogP contribution < -0.4 is 14.8 Å². The summed E-state index contributed by atoms with van der Waals surface area (Å²) in [5, 5.41) is 3.43. The van der Waals surface area contributed by atoms with Crippen molar-refractivity contribution in [3.05, 3.63) is 58.1 Å². The van der Waals surface area contributed by atoms with Gasteiger partial charge in [0.15, 0.2) is 0 Å². The Morgan fingerprint density at radius 3 is 2.19 bits per heavy atom. The summed E-state index contributed by atoms with van der Waals surface area (Å²) in [6, 6.07) is 10.7. The van der Waals surface area contributed by atoms with Crippen LogP contribution in [0.25, 0.3) is 0 Å². The van der Waals surface area contributed by atoms with Gasteiger partial charge in [-0.1, -0.05) is 35.3 Å². The van der Waals surface area contributed by atoms with Gasteiger partial charge in [-0.3, -0.25) is 4.79 Å². The molecular formula is C17H18Cl2N2O4S. The average Bonchev–Trinajstić information content (AvgIpc) is 2.52. The van der Waals surface area contributed by atoms with Gasteiger partial charge < -0.3 is 10.1 Å². The average molecular weight is 417 g/mol. The van der Waals surface area contributed by atoms with Crippen molar-refractivity contribution in [1.82, 2.24) is 4.72 Å². The minimum atomic E-state index is -3.52. The molecule has 2 rings (SSSR count). The van der Waals surface area contributed by atoms with Crippen LogP contribution in [0, 0.1) is 0 Å². The maximum Gasteiger partial charge on any atom is 0.226 e. The van der Waals surface area contributed by atoms with Gasteiger partial charge in [0.2, 0.25) is 15.9 Å². The summed E-state index contributed by atoms with van der Waals surface area (Å²) >= 11 is 11.8. The van der Waals surface area contributed by atoms with Crippen molar-refractivity contribution in [2.75, 3.05) is 18.7 Å². The van der Waals surface area contributed by atoms with Gasteiger partial charge in [-0.2, -0.15) is 0 Å². The van der Waals surface area contributed by atoms with Crippen molar-refractivity contribution in [3.8, 4) is 5.75 Å². The van der Waals surface area contributed by atoms with Crippen LogP contribution >= 0.6 is 23.2 Å². The van der Waals surface area contributed by atoms with E-state index < -0.39 is 16.1 Å². The van der Waals surface area contributed by atoms with Crippen LogP contribution in [0.4, 0.5) is 5.69 Å². The van der Waals surface area contributed by atoms with E-state index in [1.807, 2.05) is 0 Å². The summed E-state index contributed by atoms with van der Waals surface area (Å²) in [5.74, 6) is 0.241. The summed E-state index contributed by atoms with van der Waals surface area (Å²) in [6.07, 6.45) is 0.932. The summed E-state index contributed by atoms with van der Waals surface area (Å²) in [6.45, 7) is 0. The second kappa shape index (κ2) is 8.73. The summed E-state index contributed by atoms with van der Waals surface area (Å²) in [7, 11) is -1.99. The highest BCUT2D eigenvalue weighted by Crippen LogP contribution is 2.24. The first-order valence-electron chi connectivity index (χ1n) is 7.53. The first-order chi connectivity index (χ1) is 12.2. The predicted octanol–water partition coefficient (Wildman–Crippen LogP) is 3.62. The Hall–Kier alpha value is -1.80. The number of halogens is 2. The van der Waals surface area contributed by atoms with E-state index in [0.29, 0.717) is 27.0 Å². The van der Waals surface area contributed by atoms with Gasteiger partial charge in [0, 0.05) is 22.2 Å². The molecule has 2 aromatic carbocycles. The molecule has 0 fully saturated rings. The Morgan fingerprint density at radius 1 is 1.12 bits per heavy atom. The van der Waals surface area contributed by atoms with E-state index in [9.17, 15) is 13.2 Å². The number of methoxy groups -OCH3 is 1. The first kappa shape index (κ1) is 20.5. The van der Waals surface area contributed by atoms with Gasteiger partial charge in [0.1, 0.15) is 5.75 Å². The molecule has 0 aromatic heterocycles. The van der Waals surface area contributed by atoms with E-state index in [-0.39, 0.29) is 12.3 Å². The lowest BCUT2D eigenvalue weighted by atomic mass is 10.0. The molecule has 0 spiro atoms. The van der Waals surface area contributed by atoms with E-state index in [4.69, 9.17) is 27.9 Å². The number of carbonyl (C=O) groups excluding carboxylic acids is 1. The number of amides is 1. The monoisotopic (exact) mass is 416 g/mol. The number of sulfonamides is 1. The molecule has 0 aliphatic rings. The molecule has 0 bridgehead atoms. The molecule has 1 atom stereocenters. The largest absolute Gasteiger partial charge is 0.497 e. The van der Waals surface area contributed by atoms with Gasteiger partial charge in [0.05, 0.1) is 19.4 Å².